The number of fused-ring (bicyclic) bond motifs is 1. The molecular weight excluding hydrogens is 386 g/mol. The van der Waals surface area contributed by atoms with Crippen molar-refractivity contribution < 1.29 is 17.6 Å². The van der Waals surface area contributed by atoms with Crippen LogP contribution >= 0.6 is 0 Å². The highest BCUT2D eigenvalue weighted by atomic mass is 19.4. The van der Waals surface area contributed by atoms with Crippen LogP contribution in [-0.4, -0.2) is 24.9 Å². The van der Waals surface area contributed by atoms with Gasteiger partial charge in [-0.2, -0.15) is 13.2 Å². The molecule has 29 heavy (non-hydrogen) atoms. The van der Waals surface area contributed by atoms with Gasteiger partial charge in [-0.15, -0.1) is 0 Å². The standard InChI is InChI=1S/C20H15F4N5/c21-15-6-16-14(10-28-19(16)29-11-15)5-13-8-26-18(27-9-13)4-2-12-1-3-17(25-7-12)20(22,23)24/h1,3,6-11H,2,4-5H2,(H,28,29). The molecule has 0 atom stereocenters. The van der Waals surface area contributed by atoms with Crippen LogP contribution in [0, 0.1) is 5.82 Å². The molecule has 0 saturated heterocycles. The zero-order chi connectivity index (χ0) is 20.4. The summed E-state index contributed by atoms with van der Waals surface area (Å²) >= 11 is 0. The van der Waals surface area contributed by atoms with E-state index in [-0.39, 0.29) is 0 Å². The van der Waals surface area contributed by atoms with Gasteiger partial charge in [0.25, 0.3) is 0 Å². The lowest BCUT2D eigenvalue weighted by atomic mass is 10.1. The Morgan fingerprint density at radius 3 is 2.31 bits per heavy atom. The molecular formula is C20H15F4N5. The van der Waals surface area contributed by atoms with Crippen LogP contribution in [0.5, 0.6) is 0 Å². The second-order valence-corrected chi connectivity index (χ2v) is 6.60. The van der Waals surface area contributed by atoms with Gasteiger partial charge in [-0.1, -0.05) is 6.07 Å². The van der Waals surface area contributed by atoms with Crippen LogP contribution in [0.4, 0.5) is 17.6 Å². The van der Waals surface area contributed by atoms with E-state index in [4.69, 9.17) is 0 Å². The SMILES string of the molecule is Fc1cnc2[nH]cc(Cc3cnc(CCc4ccc(C(F)(F)F)nc4)nc3)c2c1. The first-order chi connectivity index (χ1) is 13.9. The summed E-state index contributed by atoms with van der Waals surface area (Å²) in [4.78, 5) is 19.1. The molecule has 4 rings (SSSR count). The lowest BCUT2D eigenvalue weighted by Gasteiger charge is -2.06. The molecule has 4 aromatic heterocycles. The summed E-state index contributed by atoms with van der Waals surface area (Å²) < 4.78 is 51.1. The van der Waals surface area contributed by atoms with Crippen molar-refractivity contribution >= 4 is 11.0 Å². The minimum Gasteiger partial charge on any atom is -0.346 e. The molecule has 0 spiro atoms. The third-order valence-corrected chi connectivity index (χ3v) is 4.49. The van der Waals surface area contributed by atoms with E-state index in [1.165, 1.54) is 18.3 Å². The molecule has 0 aliphatic heterocycles. The molecule has 4 heterocycles. The van der Waals surface area contributed by atoms with E-state index >= 15 is 0 Å². The maximum atomic E-state index is 13.4. The summed E-state index contributed by atoms with van der Waals surface area (Å²) in [5.74, 6) is 0.183. The molecule has 5 nitrogen and oxygen atoms in total. The summed E-state index contributed by atoms with van der Waals surface area (Å²) in [6.07, 6.45) is 4.60. The van der Waals surface area contributed by atoms with E-state index in [2.05, 4.69) is 24.9 Å². The van der Waals surface area contributed by atoms with Crippen LogP contribution in [0.2, 0.25) is 0 Å². The molecule has 0 aliphatic rings. The fourth-order valence-electron chi connectivity index (χ4n) is 3.00. The molecule has 9 heteroatoms. The van der Waals surface area contributed by atoms with Crippen LogP contribution in [0.1, 0.15) is 28.2 Å². The molecule has 0 saturated carbocycles. The number of H-pyrrole nitrogens is 1. The maximum absolute atomic E-state index is 13.4. The van der Waals surface area contributed by atoms with Gasteiger partial charge in [-0.3, -0.25) is 4.98 Å². The van der Waals surface area contributed by atoms with Crippen molar-refractivity contribution in [2.24, 2.45) is 0 Å². The van der Waals surface area contributed by atoms with Gasteiger partial charge in [0, 0.05) is 43.0 Å². The van der Waals surface area contributed by atoms with Gasteiger partial charge < -0.3 is 4.98 Å². The number of nitrogens with zero attached hydrogens (tertiary/aromatic N) is 4. The Kier molecular flexibility index (Phi) is 4.96. The van der Waals surface area contributed by atoms with Gasteiger partial charge in [-0.05, 0) is 35.2 Å². The Labute approximate surface area is 162 Å². The zero-order valence-electron chi connectivity index (χ0n) is 15.0. The number of aromatic amines is 1. The molecule has 0 fully saturated rings. The highest BCUT2D eigenvalue weighted by Crippen LogP contribution is 2.27. The van der Waals surface area contributed by atoms with Crippen molar-refractivity contribution in [2.75, 3.05) is 0 Å². The Hall–Kier alpha value is -3.36. The van der Waals surface area contributed by atoms with Crippen molar-refractivity contribution in [3.8, 4) is 0 Å². The van der Waals surface area contributed by atoms with E-state index < -0.39 is 17.7 Å². The Bertz CT molecular complexity index is 1120. The van der Waals surface area contributed by atoms with Crippen molar-refractivity contribution in [3.05, 3.63) is 83.2 Å². The summed E-state index contributed by atoms with van der Waals surface area (Å²) in [6, 6.07) is 3.81. The van der Waals surface area contributed by atoms with Gasteiger partial charge in [-0.25, -0.2) is 19.3 Å². The minimum absolute atomic E-state index is 0.400. The van der Waals surface area contributed by atoms with Crippen LogP contribution in [0.25, 0.3) is 11.0 Å². The topological polar surface area (TPSA) is 67.3 Å². The lowest BCUT2D eigenvalue weighted by Crippen LogP contribution is -2.08. The Balaban J connectivity index is 1.39. The number of pyridine rings is 2. The number of alkyl halides is 3. The van der Waals surface area contributed by atoms with Gasteiger partial charge in [0.15, 0.2) is 0 Å². The third kappa shape index (κ3) is 4.39. The molecule has 0 unspecified atom stereocenters. The van der Waals surface area contributed by atoms with Crippen molar-refractivity contribution in [2.45, 2.75) is 25.4 Å². The predicted molar refractivity (Wildman–Crippen MR) is 97.5 cm³/mol. The van der Waals surface area contributed by atoms with Crippen LogP contribution < -0.4 is 0 Å². The number of aryl methyl sites for hydroxylation is 2. The first-order valence-corrected chi connectivity index (χ1v) is 8.82. The summed E-state index contributed by atoms with van der Waals surface area (Å²) in [5, 5.41) is 0.712. The summed E-state index contributed by atoms with van der Waals surface area (Å²) in [5.41, 5.74) is 2.13. The van der Waals surface area contributed by atoms with E-state index in [9.17, 15) is 17.6 Å². The number of aromatic nitrogens is 5. The van der Waals surface area contributed by atoms with E-state index in [0.29, 0.717) is 41.7 Å². The van der Waals surface area contributed by atoms with Crippen molar-refractivity contribution in [3.63, 3.8) is 0 Å². The Morgan fingerprint density at radius 2 is 1.62 bits per heavy atom. The smallest absolute Gasteiger partial charge is 0.346 e. The first-order valence-electron chi connectivity index (χ1n) is 8.82. The second kappa shape index (κ2) is 7.57. The molecule has 0 amide bonds. The molecule has 0 bridgehead atoms. The molecule has 0 radical (unpaired) electrons. The first kappa shape index (κ1) is 19.0. The predicted octanol–water partition coefficient (Wildman–Crippen LogP) is 4.28. The molecule has 148 valence electrons. The zero-order valence-corrected chi connectivity index (χ0v) is 15.0. The minimum atomic E-state index is -4.44. The van der Waals surface area contributed by atoms with Gasteiger partial charge in [0.05, 0.1) is 6.20 Å². The molecule has 1 N–H and O–H groups in total. The Morgan fingerprint density at radius 1 is 0.862 bits per heavy atom. The largest absolute Gasteiger partial charge is 0.433 e. The molecule has 4 aromatic rings. The fourth-order valence-corrected chi connectivity index (χ4v) is 3.00. The highest BCUT2D eigenvalue weighted by molar-refractivity contribution is 5.79. The van der Waals surface area contributed by atoms with E-state index in [0.717, 1.165) is 23.4 Å². The average molecular weight is 401 g/mol. The summed E-state index contributed by atoms with van der Waals surface area (Å²) in [6.45, 7) is 0. The number of hydrogen-bond acceptors (Lipinski definition) is 4. The van der Waals surface area contributed by atoms with Crippen molar-refractivity contribution in [1.29, 1.82) is 0 Å². The van der Waals surface area contributed by atoms with Gasteiger partial charge in [0.2, 0.25) is 0 Å². The van der Waals surface area contributed by atoms with Crippen LogP contribution in [0.3, 0.4) is 0 Å². The number of hydrogen-bond donors (Lipinski definition) is 1. The van der Waals surface area contributed by atoms with Crippen LogP contribution in [0.15, 0.2) is 49.2 Å². The average Bonchev–Trinajstić information content (AvgIpc) is 3.09. The normalized spacial score (nSPS) is 11.9. The van der Waals surface area contributed by atoms with Crippen LogP contribution in [-0.2, 0) is 25.4 Å². The third-order valence-electron chi connectivity index (χ3n) is 4.49. The van der Waals surface area contributed by atoms with E-state index in [1.807, 2.05) is 0 Å². The number of nitrogens with one attached hydrogen (secondary N) is 1. The number of rotatable bonds is 5. The quantitative estimate of drug-likeness (QED) is 0.507. The summed E-state index contributed by atoms with van der Waals surface area (Å²) in [7, 11) is 0. The number of halogens is 4. The maximum Gasteiger partial charge on any atom is 0.433 e. The second-order valence-electron chi connectivity index (χ2n) is 6.60. The molecule has 0 aromatic carbocycles. The lowest BCUT2D eigenvalue weighted by molar-refractivity contribution is -0.141. The van der Waals surface area contributed by atoms with Crippen molar-refractivity contribution in [1.82, 2.24) is 24.9 Å². The van der Waals surface area contributed by atoms with Gasteiger partial charge >= 0.3 is 6.18 Å². The fraction of sp³-hybridized carbons (Fsp3) is 0.200. The van der Waals surface area contributed by atoms with Gasteiger partial charge in [0.1, 0.15) is 23.0 Å². The van der Waals surface area contributed by atoms with E-state index in [1.54, 1.807) is 18.6 Å². The molecule has 0 aliphatic carbocycles. The monoisotopic (exact) mass is 401 g/mol. The highest BCUT2D eigenvalue weighted by Gasteiger charge is 2.31.